The molecule has 0 atom stereocenters. The van der Waals surface area contributed by atoms with Crippen LogP contribution in [0.5, 0.6) is 0 Å². The van der Waals surface area contributed by atoms with Gasteiger partial charge >= 0.3 is 0 Å². The molecule has 0 saturated carbocycles. The summed E-state index contributed by atoms with van der Waals surface area (Å²) in [6.45, 7) is 0. The Morgan fingerprint density at radius 1 is 0.404 bits per heavy atom. The fourth-order valence-electron chi connectivity index (χ4n) is 8.45. The first-order chi connectivity index (χ1) is 28.2. The second-order valence-electron chi connectivity index (χ2n) is 14.8. The van der Waals surface area contributed by atoms with Crippen molar-refractivity contribution in [1.29, 1.82) is 0 Å². The number of aromatic nitrogens is 1. The average molecular weight is 729 g/mol. The molecule has 0 spiro atoms. The van der Waals surface area contributed by atoms with Gasteiger partial charge in [0.1, 0.15) is 5.52 Å². The van der Waals surface area contributed by atoms with Gasteiger partial charge in [-0.1, -0.05) is 152 Å². The number of hydrogen-bond acceptors (Lipinski definition) is 3. The molecule has 10 aromatic rings. The lowest BCUT2D eigenvalue weighted by atomic mass is 9.96. The first-order valence-corrected chi connectivity index (χ1v) is 19.5. The van der Waals surface area contributed by atoms with Crippen molar-refractivity contribution in [2.75, 3.05) is 4.90 Å². The van der Waals surface area contributed by atoms with Crippen LogP contribution in [0.2, 0.25) is 0 Å². The van der Waals surface area contributed by atoms with Gasteiger partial charge in [0.25, 0.3) is 0 Å². The van der Waals surface area contributed by atoms with Crippen LogP contribution < -0.4 is 4.90 Å². The van der Waals surface area contributed by atoms with Crippen molar-refractivity contribution in [2.45, 2.75) is 6.42 Å². The Balaban J connectivity index is 1.09. The second-order valence-corrected chi connectivity index (χ2v) is 14.8. The van der Waals surface area contributed by atoms with Crippen molar-refractivity contribution in [3.63, 3.8) is 0 Å². The van der Waals surface area contributed by atoms with E-state index in [0.717, 1.165) is 40.1 Å². The summed E-state index contributed by atoms with van der Waals surface area (Å²) in [5.74, 6) is 0.620. The quantitative estimate of drug-likeness (QED) is 0.164. The zero-order valence-corrected chi connectivity index (χ0v) is 31.1. The van der Waals surface area contributed by atoms with Crippen molar-refractivity contribution < 1.29 is 4.42 Å². The van der Waals surface area contributed by atoms with Crippen LogP contribution in [-0.4, -0.2) is 4.98 Å². The van der Waals surface area contributed by atoms with Crippen LogP contribution in [0.1, 0.15) is 11.1 Å². The topological polar surface area (TPSA) is 29.3 Å². The third kappa shape index (κ3) is 5.98. The standard InChI is InChI=1S/C54H36N2O/c1-3-11-36(12-4-1)38-19-21-39(22-20-38)41-25-29-48(30-26-41)56(47-27-23-40(24-28-47)37-13-5-2-6-14-37)51-35-46(54-55-50-17-9-10-18-52(50)57-54)33-45-32-44-31-42-15-7-8-16-43(42)34-49(44)53(45)51/h1-31,33-35H,32H2. The molecule has 1 aliphatic carbocycles. The van der Waals surface area contributed by atoms with Crippen LogP contribution in [0.3, 0.4) is 0 Å². The van der Waals surface area contributed by atoms with Gasteiger partial charge < -0.3 is 9.32 Å². The first kappa shape index (κ1) is 32.9. The molecule has 9 aromatic carbocycles. The molecule has 0 saturated heterocycles. The normalized spacial score (nSPS) is 11.8. The van der Waals surface area contributed by atoms with Gasteiger partial charge in [-0.2, -0.15) is 0 Å². The Kier molecular flexibility index (Phi) is 7.89. The molecule has 0 radical (unpaired) electrons. The van der Waals surface area contributed by atoms with E-state index >= 15 is 0 Å². The highest BCUT2D eigenvalue weighted by atomic mass is 16.3. The molecular weight excluding hydrogens is 693 g/mol. The third-order valence-corrected chi connectivity index (χ3v) is 11.3. The molecule has 11 rings (SSSR count). The second kappa shape index (κ2) is 13.7. The highest BCUT2D eigenvalue weighted by Crippen LogP contribution is 2.50. The minimum absolute atomic E-state index is 0.620. The van der Waals surface area contributed by atoms with Crippen LogP contribution in [0.4, 0.5) is 17.1 Å². The van der Waals surface area contributed by atoms with Gasteiger partial charge in [0.2, 0.25) is 5.89 Å². The highest BCUT2D eigenvalue weighted by molar-refractivity contribution is 6.00. The SMILES string of the molecule is c1ccc(-c2ccc(-c3ccc(N(c4ccc(-c5ccccc5)cc4)c4cc(-c5nc6ccccc6o5)cc5c4-c4cc6ccccc6cc4C5)cc3)cc2)cc1. The number of nitrogens with zero attached hydrogens (tertiary/aromatic N) is 2. The smallest absolute Gasteiger partial charge is 0.227 e. The summed E-state index contributed by atoms with van der Waals surface area (Å²) < 4.78 is 6.44. The van der Waals surface area contributed by atoms with Gasteiger partial charge in [-0.3, -0.25) is 0 Å². The minimum Gasteiger partial charge on any atom is -0.436 e. The van der Waals surface area contributed by atoms with E-state index in [1.165, 1.54) is 66.4 Å². The van der Waals surface area contributed by atoms with Crippen LogP contribution in [0.25, 0.3) is 77.8 Å². The number of para-hydroxylation sites is 2. The van der Waals surface area contributed by atoms with E-state index in [1.54, 1.807) is 0 Å². The van der Waals surface area contributed by atoms with Crippen molar-refractivity contribution in [3.8, 4) is 56.0 Å². The lowest BCUT2D eigenvalue weighted by Gasteiger charge is -2.29. The molecule has 0 aliphatic heterocycles. The molecule has 3 nitrogen and oxygen atoms in total. The predicted molar refractivity (Wildman–Crippen MR) is 236 cm³/mol. The molecule has 0 unspecified atom stereocenters. The Labute approximate surface area is 331 Å². The summed E-state index contributed by atoms with van der Waals surface area (Å²) in [4.78, 5) is 7.39. The summed E-state index contributed by atoms with van der Waals surface area (Å²) in [7, 11) is 0. The van der Waals surface area contributed by atoms with E-state index in [9.17, 15) is 0 Å². The Bertz CT molecular complexity index is 3020. The number of rotatable bonds is 7. The van der Waals surface area contributed by atoms with E-state index in [-0.39, 0.29) is 0 Å². The summed E-state index contributed by atoms with van der Waals surface area (Å²) in [6, 6.07) is 73.8. The summed E-state index contributed by atoms with van der Waals surface area (Å²) in [6.07, 6.45) is 0.829. The maximum Gasteiger partial charge on any atom is 0.227 e. The molecule has 1 heterocycles. The van der Waals surface area contributed by atoms with Gasteiger partial charge in [0, 0.05) is 22.5 Å². The average Bonchev–Trinajstić information content (AvgIpc) is 3.88. The number of hydrogen-bond donors (Lipinski definition) is 0. The Hall–Kier alpha value is -7.49. The number of anilines is 3. The van der Waals surface area contributed by atoms with Crippen LogP contribution in [0.15, 0.2) is 211 Å². The van der Waals surface area contributed by atoms with Crippen LogP contribution in [-0.2, 0) is 6.42 Å². The fraction of sp³-hybridized carbons (Fsp3) is 0.0185. The fourth-order valence-corrected chi connectivity index (χ4v) is 8.45. The first-order valence-electron chi connectivity index (χ1n) is 19.5. The van der Waals surface area contributed by atoms with Gasteiger partial charge in [-0.05, 0) is 122 Å². The van der Waals surface area contributed by atoms with Gasteiger partial charge in [0.05, 0.1) is 5.69 Å². The van der Waals surface area contributed by atoms with Crippen molar-refractivity contribution >= 4 is 38.9 Å². The number of fused-ring (bicyclic) bond motifs is 5. The Morgan fingerprint density at radius 3 is 1.47 bits per heavy atom. The molecule has 1 aliphatic rings. The van der Waals surface area contributed by atoms with E-state index < -0.39 is 0 Å². The molecule has 0 fully saturated rings. The van der Waals surface area contributed by atoms with Crippen LogP contribution in [0, 0.1) is 0 Å². The summed E-state index contributed by atoms with van der Waals surface area (Å²) >= 11 is 0. The monoisotopic (exact) mass is 728 g/mol. The Morgan fingerprint density at radius 2 is 0.895 bits per heavy atom. The molecule has 1 aromatic heterocycles. The zero-order chi connectivity index (χ0) is 37.7. The predicted octanol–water partition coefficient (Wildman–Crippen LogP) is 14.7. The molecule has 0 bridgehead atoms. The largest absolute Gasteiger partial charge is 0.436 e. The number of benzene rings is 9. The van der Waals surface area contributed by atoms with E-state index in [4.69, 9.17) is 9.40 Å². The van der Waals surface area contributed by atoms with Gasteiger partial charge in [0.15, 0.2) is 5.58 Å². The van der Waals surface area contributed by atoms with E-state index in [1.807, 2.05) is 24.3 Å². The third-order valence-electron chi connectivity index (χ3n) is 11.3. The number of oxazole rings is 1. The van der Waals surface area contributed by atoms with Crippen molar-refractivity contribution in [2.24, 2.45) is 0 Å². The van der Waals surface area contributed by atoms with Crippen molar-refractivity contribution in [1.82, 2.24) is 4.98 Å². The summed E-state index contributed by atoms with van der Waals surface area (Å²) in [5.41, 5.74) is 18.1. The molecule has 3 heteroatoms. The van der Waals surface area contributed by atoms with E-state index in [0.29, 0.717) is 5.89 Å². The zero-order valence-electron chi connectivity index (χ0n) is 31.1. The maximum absolute atomic E-state index is 6.44. The van der Waals surface area contributed by atoms with Crippen LogP contribution >= 0.6 is 0 Å². The summed E-state index contributed by atoms with van der Waals surface area (Å²) in [5, 5.41) is 2.49. The highest BCUT2D eigenvalue weighted by Gasteiger charge is 2.28. The molecule has 268 valence electrons. The van der Waals surface area contributed by atoms with Gasteiger partial charge in [-0.25, -0.2) is 4.98 Å². The molecular formula is C54H36N2O. The lowest BCUT2D eigenvalue weighted by molar-refractivity contribution is 0.620. The maximum atomic E-state index is 6.44. The van der Waals surface area contributed by atoms with Crippen molar-refractivity contribution in [3.05, 3.63) is 217 Å². The minimum atomic E-state index is 0.620. The molecule has 0 amide bonds. The lowest BCUT2D eigenvalue weighted by Crippen LogP contribution is -2.12. The van der Waals surface area contributed by atoms with Gasteiger partial charge in [-0.15, -0.1) is 0 Å². The van der Waals surface area contributed by atoms with E-state index in [2.05, 4.69) is 187 Å². The molecule has 57 heavy (non-hydrogen) atoms. The molecule has 0 N–H and O–H groups in total.